The van der Waals surface area contributed by atoms with E-state index >= 15 is 0 Å². The first kappa shape index (κ1) is 22.0. The summed E-state index contributed by atoms with van der Waals surface area (Å²) in [5, 5.41) is 4.35. The molecule has 3 heterocycles. The predicted molar refractivity (Wildman–Crippen MR) is 156 cm³/mol. The van der Waals surface area contributed by atoms with Crippen LogP contribution in [0.5, 0.6) is 0 Å². The van der Waals surface area contributed by atoms with E-state index in [1.165, 1.54) is 0 Å². The van der Waals surface area contributed by atoms with Crippen LogP contribution < -0.4 is 0 Å². The van der Waals surface area contributed by atoms with Crippen LogP contribution in [0.3, 0.4) is 0 Å². The molecule has 0 saturated carbocycles. The number of benzene rings is 5. The van der Waals surface area contributed by atoms with Gasteiger partial charge in [-0.15, -0.1) is 0 Å². The van der Waals surface area contributed by atoms with Crippen molar-refractivity contribution in [2.24, 2.45) is 0 Å². The molecule has 0 fully saturated rings. The third kappa shape index (κ3) is 3.59. The molecule has 8 aromatic rings. The highest BCUT2D eigenvalue weighted by Gasteiger charge is 2.16. The molecule has 6 heteroatoms. The molecule has 0 aliphatic heterocycles. The van der Waals surface area contributed by atoms with Gasteiger partial charge < -0.3 is 8.83 Å². The van der Waals surface area contributed by atoms with Crippen LogP contribution in [0.2, 0.25) is 5.28 Å². The molecule has 0 N–H and O–H groups in total. The van der Waals surface area contributed by atoms with Gasteiger partial charge in [-0.05, 0) is 59.1 Å². The summed E-state index contributed by atoms with van der Waals surface area (Å²) >= 11 is 6.39. The zero-order valence-electron chi connectivity index (χ0n) is 20.4. The highest BCUT2D eigenvalue weighted by atomic mass is 35.5. The minimum atomic E-state index is 0.121. The van der Waals surface area contributed by atoms with E-state index in [0.29, 0.717) is 11.6 Å². The molecule has 5 nitrogen and oxygen atoms in total. The molecule has 0 bridgehead atoms. The molecular formula is C33H18ClN3O2. The number of aromatic nitrogens is 3. The van der Waals surface area contributed by atoms with Gasteiger partial charge in [0.25, 0.3) is 0 Å². The zero-order valence-corrected chi connectivity index (χ0v) is 21.2. The highest BCUT2D eigenvalue weighted by molar-refractivity contribution is 6.28. The second kappa shape index (κ2) is 8.51. The highest BCUT2D eigenvalue weighted by Crippen LogP contribution is 2.38. The zero-order chi connectivity index (χ0) is 25.9. The lowest BCUT2D eigenvalue weighted by atomic mass is 9.99. The Kier molecular flexibility index (Phi) is 4.81. The first-order chi connectivity index (χ1) is 19.2. The van der Waals surface area contributed by atoms with E-state index in [0.717, 1.165) is 66.1 Å². The fraction of sp³-hybridized carbons (Fsp3) is 0. The Labute approximate surface area is 227 Å². The van der Waals surface area contributed by atoms with Crippen molar-refractivity contribution in [1.82, 2.24) is 15.0 Å². The van der Waals surface area contributed by atoms with Crippen molar-refractivity contribution in [3.05, 3.63) is 114 Å². The fourth-order valence-corrected chi connectivity index (χ4v) is 5.46. The smallest absolute Gasteiger partial charge is 0.226 e. The van der Waals surface area contributed by atoms with Gasteiger partial charge in [-0.1, -0.05) is 72.8 Å². The molecule has 8 rings (SSSR count). The SMILES string of the molecule is Clc1nc(-c2ccc3c(c2)oc2ccccc23)nc(-c2ccc3c(c2)oc2cccc(-c4ccccc4)c23)n1. The first-order valence-corrected chi connectivity index (χ1v) is 12.9. The van der Waals surface area contributed by atoms with Crippen LogP contribution in [-0.2, 0) is 0 Å². The molecule has 3 aromatic heterocycles. The Balaban J connectivity index is 1.25. The number of rotatable bonds is 3. The van der Waals surface area contributed by atoms with Crippen LogP contribution in [0, 0.1) is 0 Å². The summed E-state index contributed by atoms with van der Waals surface area (Å²) in [5.41, 5.74) is 7.06. The Hall–Kier alpha value is -5.00. The predicted octanol–water partition coefficient (Wildman–Crippen LogP) is 9.32. The molecule has 0 amide bonds. The van der Waals surface area contributed by atoms with Crippen LogP contribution in [0.4, 0.5) is 0 Å². The molecule has 5 aromatic carbocycles. The van der Waals surface area contributed by atoms with E-state index in [1.54, 1.807) is 0 Å². The number of furan rings is 2. The van der Waals surface area contributed by atoms with Gasteiger partial charge in [0, 0.05) is 32.7 Å². The van der Waals surface area contributed by atoms with Crippen LogP contribution in [0.25, 0.3) is 77.8 Å². The monoisotopic (exact) mass is 523 g/mol. The maximum Gasteiger partial charge on any atom is 0.226 e. The molecule has 0 spiro atoms. The molecule has 0 aliphatic rings. The Morgan fingerprint density at radius 1 is 0.462 bits per heavy atom. The lowest BCUT2D eigenvalue weighted by molar-refractivity contribution is 0.668. The molecule has 0 aliphatic carbocycles. The summed E-state index contributed by atoms with van der Waals surface area (Å²) in [6.07, 6.45) is 0. The second-order valence-electron chi connectivity index (χ2n) is 9.42. The van der Waals surface area contributed by atoms with E-state index in [9.17, 15) is 0 Å². The van der Waals surface area contributed by atoms with Crippen molar-refractivity contribution in [3.8, 4) is 33.9 Å². The van der Waals surface area contributed by atoms with Crippen molar-refractivity contribution >= 4 is 55.5 Å². The minimum Gasteiger partial charge on any atom is -0.456 e. The van der Waals surface area contributed by atoms with Gasteiger partial charge in [0.2, 0.25) is 5.28 Å². The van der Waals surface area contributed by atoms with E-state index in [-0.39, 0.29) is 5.28 Å². The summed E-state index contributed by atoms with van der Waals surface area (Å²) in [5.74, 6) is 0.948. The van der Waals surface area contributed by atoms with Gasteiger partial charge in [0.05, 0.1) is 0 Å². The molecular weight excluding hydrogens is 506 g/mol. The van der Waals surface area contributed by atoms with Gasteiger partial charge in [0.1, 0.15) is 22.3 Å². The number of fused-ring (bicyclic) bond motifs is 6. The molecule has 0 radical (unpaired) electrons. The van der Waals surface area contributed by atoms with Crippen molar-refractivity contribution < 1.29 is 8.83 Å². The minimum absolute atomic E-state index is 0.121. The molecule has 0 saturated heterocycles. The van der Waals surface area contributed by atoms with E-state index in [1.807, 2.05) is 78.9 Å². The van der Waals surface area contributed by atoms with E-state index in [2.05, 4.69) is 40.3 Å². The number of nitrogens with zero attached hydrogens (tertiary/aromatic N) is 3. The second-order valence-corrected chi connectivity index (χ2v) is 9.76. The average Bonchev–Trinajstić information content (AvgIpc) is 3.54. The number of para-hydroxylation sites is 1. The summed E-state index contributed by atoms with van der Waals surface area (Å²) in [6, 6.07) is 36.4. The van der Waals surface area contributed by atoms with Crippen molar-refractivity contribution in [2.75, 3.05) is 0 Å². The Morgan fingerprint density at radius 3 is 1.87 bits per heavy atom. The molecule has 184 valence electrons. The van der Waals surface area contributed by atoms with E-state index in [4.69, 9.17) is 25.4 Å². The number of hydrogen-bond donors (Lipinski definition) is 0. The standard InChI is InChI=1S/C33H18ClN3O2/c34-33-36-31(20-13-15-24-23-9-4-5-11-26(23)38-28(24)17-20)35-32(37-33)21-14-16-25-29(18-21)39-27-12-6-10-22(30(25)27)19-7-2-1-3-8-19/h1-18H. The van der Waals surface area contributed by atoms with Crippen molar-refractivity contribution in [1.29, 1.82) is 0 Å². The molecule has 39 heavy (non-hydrogen) atoms. The number of hydrogen-bond acceptors (Lipinski definition) is 5. The lowest BCUT2D eigenvalue weighted by Gasteiger charge is -2.06. The van der Waals surface area contributed by atoms with Crippen LogP contribution in [0.1, 0.15) is 0 Å². The van der Waals surface area contributed by atoms with Gasteiger partial charge >= 0.3 is 0 Å². The normalized spacial score (nSPS) is 11.7. The van der Waals surface area contributed by atoms with Crippen LogP contribution in [0.15, 0.2) is 118 Å². The molecule has 0 unspecified atom stereocenters. The van der Waals surface area contributed by atoms with E-state index < -0.39 is 0 Å². The third-order valence-corrected chi connectivity index (χ3v) is 7.25. The summed E-state index contributed by atoms with van der Waals surface area (Å²) in [6.45, 7) is 0. The van der Waals surface area contributed by atoms with Crippen molar-refractivity contribution in [3.63, 3.8) is 0 Å². The van der Waals surface area contributed by atoms with Gasteiger partial charge in [-0.3, -0.25) is 0 Å². The van der Waals surface area contributed by atoms with Gasteiger partial charge in [-0.25, -0.2) is 4.98 Å². The number of halogens is 1. The summed E-state index contributed by atoms with van der Waals surface area (Å²) < 4.78 is 12.3. The summed E-state index contributed by atoms with van der Waals surface area (Å²) in [7, 11) is 0. The first-order valence-electron chi connectivity index (χ1n) is 12.6. The quantitative estimate of drug-likeness (QED) is 0.231. The third-order valence-electron chi connectivity index (χ3n) is 7.09. The largest absolute Gasteiger partial charge is 0.456 e. The summed E-state index contributed by atoms with van der Waals surface area (Å²) in [4.78, 5) is 13.6. The lowest BCUT2D eigenvalue weighted by Crippen LogP contribution is -1.97. The Bertz CT molecular complexity index is 2200. The topological polar surface area (TPSA) is 65.0 Å². The van der Waals surface area contributed by atoms with Gasteiger partial charge in [-0.2, -0.15) is 9.97 Å². The fourth-order valence-electron chi connectivity index (χ4n) is 5.30. The van der Waals surface area contributed by atoms with Crippen LogP contribution in [-0.4, -0.2) is 15.0 Å². The van der Waals surface area contributed by atoms with Crippen LogP contribution >= 0.6 is 11.6 Å². The molecule has 0 atom stereocenters. The maximum absolute atomic E-state index is 6.39. The maximum atomic E-state index is 6.39. The van der Waals surface area contributed by atoms with Gasteiger partial charge in [0.15, 0.2) is 11.6 Å². The Morgan fingerprint density at radius 2 is 1.08 bits per heavy atom. The van der Waals surface area contributed by atoms with Crippen molar-refractivity contribution in [2.45, 2.75) is 0 Å². The average molecular weight is 524 g/mol.